The number of carboxylic acid groups (broad SMARTS) is 1. The van der Waals surface area contributed by atoms with Crippen molar-refractivity contribution in [2.75, 3.05) is 0 Å². The van der Waals surface area contributed by atoms with Gasteiger partial charge in [0, 0.05) is 0 Å². The van der Waals surface area contributed by atoms with E-state index in [0.29, 0.717) is 0 Å². The van der Waals surface area contributed by atoms with Crippen LogP contribution in [0.4, 0.5) is 0 Å². The predicted molar refractivity (Wildman–Crippen MR) is 74.9 cm³/mol. The van der Waals surface area contributed by atoms with E-state index in [0.717, 1.165) is 5.56 Å². The Hall–Kier alpha value is -2.95. The summed E-state index contributed by atoms with van der Waals surface area (Å²) in [7, 11) is 0. The molecule has 0 saturated carbocycles. The largest absolute Gasteiger partial charge is 0.478 e. The van der Waals surface area contributed by atoms with Crippen LogP contribution in [0.25, 0.3) is 0 Å². The first-order chi connectivity index (χ1) is 9.68. The summed E-state index contributed by atoms with van der Waals surface area (Å²) in [5.74, 6) is -1.71. The van der Waals surface area contributed by atoms with Crippen molar-refractivity contribution in [3.8, 4) is 0 Å². The first kappa shape index (κ1) is 13.5. The van der Waals surface area contributed by atoms with Crippen molar-refractivity contribution >= 4 is 18.1 Å². The Bertz CT molecular complexity index is 651. The van der Waals surface area contributed by atoms with E-state index < -0.39 is 11.9 Å². The Morgan fingerprint density at radius 2 is 1.55 bits per heavy atom. The highest BCUT2D eigenvalue weighted by molar-refractivity contribution is 6.04. The van der Waals surface area contributed by atoms with E-state index >= 15 is 0 Å². The number of hydrogen-bond acceptors (Lipinski definition) is 3. The summed E-state index contributed by atoms with van der Waals surface area (Å²) in [6, 6.07) is 15.2. The molecule has 2 aromatic carbocycles. The number of hydrazone groups is 1. The molecule has 0 aliphatic rings. The third kappa shape index (κ3) is 3.29. The molecular formula is C15H12N2O3. The standard InChI is InChI=1S/C15H12N2O3/c18-14(12-8-4-5-9-13(12)15(19)20)17-16-10-11-6-2-1-3-7-11/h1-10H,(H,17,18)(H,19,20)/b16-10+. The van der Waals surface area contributed by atoms with Gasteiger partial charge in [-0.1, -0.05) is 42.5 Å². The van der Waals surface area contributed by atoms with Crippen molar-refractivity contribution < 1.29 is 14.7 Å². The zero-order chi connectivity index (χ0) is 14.4. The number of hydrogen-bond donors (Lipinski definition) is 2. The minimum atomic E-state index is -1.15. The Morgan fingerprint density at radius 1 is 0.950 bits per heavy atom. The molecule has 2 N–H and O–H groups in total. The fraction of sp³-hybridized carbons (Fsp3) is 0. The molecule has 0 saturated heterocycles. The molecule has 2 aromatic rings. The number of carbonyl (C=O) groups is 2. The summed E-state index contributed by atoms with van der Waals surface area (Å²) in [6.45, 7) is 0. The van der Waals surface area contributed by atoms with Gasteiger partial charge in [0.15, 0.2) is 0 Å². The van der Waals surface area contributed by atoms with Gasteiger partial charge < -0.3 is 5.11 Å². The highest BCUT2D eigenvalue weighted by atomic mass is 16.4. The molecule has 0 aliphatic carbocycles. The van der Waals surface area contributed by atoms with Crippen LogP contribution in [0.3, 0.4) is 0 Å². The molecule has 0 fully saturated rings. The normalized spacial score (nSPS) is 10.4. The summed E-state index contributed by atoms with van der Waals surface area (Å²) in [5, 5.41) is 12.8. The smallest absolute Gasteiger partial charge is 0.336 e. The average molecular weight is 268 g/mol. The van der Waals surface area contributed by atoms with Crippen LogP contribution in [0.5, 0.6) is 0 Å². The second-order valence-corrected chi connectivity index (χ2v) is 3.96. The van der Waals surface area contributed by atoms with Crippen LogP contribution in [0.1, 0.15) is 26.3 Å². The van der Waals surface area contributed by atoms with Crippen molar-refractivity contribution in [2.24, 2.45) is 5.10 Å². The van der Waals surface area contributed by atoms with Gasteiger partial charge in [-0.3, -0.25) is 4.79 Å². The summed E-state index contributed by atoms with van der Waals surface area (Å²) in [4.78, 5) is 22.9. The van der Waals surface area contributed by atoms with Crippen molar-refractivity contribution in [1.29, 1.82) is 0 Å². The predicted octanol–water partition coefficient (Wildman–Crippen LogP) is 2.15. The lowest BCUT2D eigenvalue weighted by Crippen LogP contribution is -2.20. The van der Waals surface area contributed by atoms with Gasteiger partial charge >= 0.3 is 5.97 Å². The van der Waals surface area contributed by atoms with Gasteiger partial charge in [0.25, 0.3) is 5.91 Å². The lowest BCUT2D eigenvalue weighted by molar-refractivity contribution is 0.0691. The first-order valence-corrected chi connectivity index (χ1v) is 5.89. The topological polar surface area (TPSA) is 78.8 Å². The lowest BCUT2D eigenvalue weighted by Gasteiger charge is -2.03. The number of rotatable bonds is 4. The van der Waals surface area contributed by atoms with Gasteiger partial charge in [0.1, 0.15) is 0 Å². The van der Waals surface area contributed by atoms with Crippen LogP contribution in [0.2, 0.25) is 0 Å². The van der Waals surface area contributed by atoms with E-state index in [2.05, 4.69) is 10.5 Å². The lowest BCUT2D eigenvalue weighted by atomic mass is 10.1. The van der Waals surface area contributed by atoms with Gasteiger partial charge in [-0.15, -0.1) is 0 Å². The minimum Gasteiger partial charge on any atom is -0.478 e. The molecule has 0 aromatic heterocycles. The van der Waals surface area contributed by atoms with Gasteiger partial charge in [-0.2, -0.15) is 5.10 Å². The molecule has 20 heavy (non-hydrogen) atoms. The SMILES string of the molecule is O=C(O)c1ccccc1C(=O)N/N=C/c1ccccc1. The minimum absolute atomic E-state index is 0.0556. The van der Waals surface area contributed by atoms with Crippen LogP contribution in [-0.2, 0) is 0 Å². The number of carboxylic acids is 1. The summed E-state index contributed by atoms with van der Waals surface area (Å²) >= 11 is 0. The zero-order valence-electron chi connectivity index (χ0n) is 10.5. The molecule has 0 bridgehead atoms. The van der Waals surface area contributed by atoms with E-state index in [9.17, 15) is 9.59 Å². The van der Waals surface area contributed by atoms with Gasteiger partial charge in [-0.05, 0) is 17.7 Å². The van der Waals surface area contributed by atoms with Gasteiger partial charge in [0.05, 0.1) is 17.3 Å². The fourth-order valence-corrected chi connectivity index (χ4v) is 1.63. The number of nitrogens with one attached hydrogen (secondary N) is 1. The summed E-state index contributed by atoms with van der Waals surface area (Å²) < 4.78 is 0. The second-order valence-electron chi connectivity index (χ2n) is 3.96. The quantitative estimate of drug-likeness (QED) is 0.658. The maximum absolute atomic E-state index is 11.9. The second kappa shape index (κ2) is 6.29. The highest BCUT2D eigenvalue weighted by Gasteiger charge is 2.14. The molecule has 0 heterocycles. The number of aromatic carboxylic acids is 1. The summed E-state index contributed by atoms with van der Waals surface area (Å²) in [5.41, 5.74) is 3.16. The Balaban J connectivity index is 2.10. The third-order valence-electron chi connectivity index (χ3n) is 2.58. The molecular weight excluding hydrogens is 256 g/mol. The molecule has 2 rings (SSSR count). The van der Waals surface area contributed by atoms with E-state index in [4.69, 9.17) is 5.11 Å². The first-order valence-electron chi connectivity index (χ1n) is 5.89. The molecule has 0 aliphatic heterocycles. The zero-order valence-corrected chi connectivity index (χ0v) is 10.5. The van der Waals surface area contributed by atoms with E-state index in [1.807, 2.05) is 30.3 Å². The Labute approximate surface area is 115 Å². The molecule has 1 amide bonds. The highest BCUT2D eigenvalue weighted by Crippen LogP contribution is 2.08. The Morgan fingerprint density at radius 3 is 2.20 bits per heavy atom. The molecule has 0 spiro atoms. The summed E-state index contributed by atoms with van der Waals surface area (Å²) in [6.07, 6.45) is 1.49. The van der Waals surface area contributed by atoms with Crippen molar-refractivity contribution in [3.63, 3.8) is 0 Å². The van der Waals surface area contributed by atoms with Crippen molar-refractivity contribution in [2.45, 2.75) is 0 Å². The monoisotopic (exact) mass is 268 g/mol. The van der Waals surface area contributed by atoms with E-state index in [1.54, 1.807) is 12.1 Å². The fourth-order valence-electron chi connectivity index (χ4n) is 1.63. The Kier molecular flexibility index (Phi) is 4.24. The number of benzene rings is 2. The van der Waals surface area contributed by atoms with Crippen LogP contribution in [-0.4, -0.2) is 23.2 Å². The van der Waals surface area contributed by atoms with Gasteiger partial charge in [-0.25, -0.2) is 10.2 Å². The maximum Gasteiger partial charge on any atom is 0.336 e. The van der Waals surface area contributed by atoms with E-state index in [1.165, 1.54) is 18.3 Å². The van der Waals surface area contributed by atoms with E-state index in [-0.39, 0.29) is 11.1 Å². The molecule has 5 nitrogen and oxygen atoms in total. The van der Waals surface area contributed by atoms with Crippen LogP contribution in [0.15, 0.2) is 59.7 Å². The number of nitrogens with zero attached hydrogens (tertiary/aromatic N) is 1. The van der Waals surface area contributed by atoms with Gasteiger partial charge in [0.2, 0.25) is 0 Å². The number of carbonyl (C=O) groups excluding carboxylic acids is 1. The van der Waals surface area contributed by atoms with Crippen molar-refractivity contribution in [1.82, 2.24) is 5.43 Å². The average Bonchev–Trinajstić information content (AvgIpc) is 2.48. The molecule has 0 atom stereocenters. The molecule has 0 unspecified atom stereocenters. The maximum atomic E-state index is 11.9. The molecule has 5 heteroatoms. The van der Waals surface area contributed by atoms with Crippen LogP contribution >= 0.6 is 0 Å². The van der Waals surface area contributed by atoms with Crippen LogP contribution < -0.4 is 5.43 Å². The molecule has 0 radical (unpaired) electrons. The van der Waals surface area contributed by atoms with Crippen LogP contribution in [0, 0.1) is 0 Å². The van der Waals surface area contributed by atoms with Crippen molar-refractivity contribution in [3.05, 3.63) is 71.3 Å². The third-order valence-corrected chi connectivity index (χ3v) is 2.58. The molecule has 100 valence electrons. The number of amides is 1.